The third kappa shape index (κ3) is 2.01. The number of hydrogen-bond donors (Lipinski definition) is 0. The maximum Gasteiger partial charge on any atom is 0.151 e. The molecule has 0 unspecified atom stereocenters. The molecule has 0 radical (unpaired) electrons. The van der Waals surface area contributed by atoms with Gasteiger partial charge in [0.2, 0.25) is 0 Å². The SMILES string of the molecule is Cc1ccc(-n2cnc(Cl)c2CCl)cc1. The van der Waals surface area contributed by atoms with E-state index in [-0.39, 0.29) is 0 Å². The Morgan fingerprint density at radius 3 is 2.53 bits per heavy atom. The third-order valence-corrected chi connectivity index (χ3v) is 2.82. The van der Waals surface area contributed by atoms with Crippen LogP contribution < -0.4 is 0 Å². The minimum absolute atomic E-state index is 0.354. The lowest BCUT2D eigenvalue weighted by atomic mass is 10.2. The van der Waals surface area contributed by atoms with Crippen LogP contribution in [0.5, 0.6) is 0 Å². The van der Waals surface area contributed by atoms with Crippen LogP contribution in [0.15, 0.2) is 30.6 Å². The van der Waals surface area contributed by atoms with Gasteiger partial charge in [-0.15, -0.1) is 11.6 Å². The number of rotatable bonds is 2. The molecule has 0 aliphatic rings. The zero-order chi connectivity index (χ0) is 10.8. The van der Waals surface area contributed by atoms with Gasteiger partial charge in [-0.3, -0.25) is 0 Å². The van der Waals surface area contributed by atoms with Crippen molar-refractivity contribution in [1.82, 2.24) is 9.55 Å². The van der Waals surface area contributed by atoms with Crippen molar-refractivity contribution in [2.75, 3.05) is 0 Å². The zero-order valence-corrected chi connectivity index (χ0v) is 9.76. The second kappa shape index (κ2) is 4.25. The normalized spacial score (nSPS) is 10.6. The van der Waals surface area contributed by atoms with Gasteiger partial charge in [-0.25, -0.2) is 4.98 Å². The van der Waals surface area contributed by atoms with Gasteiger partial charge >= 0.3 is 0 Å². The molecular formula is C11H10Cl2N2. The zero-order valence-electron chi connectivity index (χ0n) is 8.24. The molecule has 0 saturated heterocycles. The lowest BCUT2D eigenvalue weighted by Crippen LogP contribution is -1.96. The Kier molecular flexibility index (Phi) is 2.98. The molecule has 0 fully saturated rings. The maximum atomic E-state index is 5.91. The van der Waals surface area contributed by atoms with E-state index in [1.54, 1.807) is 6.33 Å². The molecule has 0 aliphatic heterocycles. The van der Waals surface area contributed by atoms with Gasteiger partial charge in [-0.05, 0) is 19.1 Å². The van der Waals surface area contributed by atoms with Crippen molar-refractivity contribution < 1.29 is 0 Å². The molecule has 78 valence electrons. The molecule has 0 spiro atoms. The molecule has 2 nitrogen and oxygen atoms in total. The Hall–Kier alpha value is -0.990. The molecule has 1 heterocycles. The molecule has 4 heteroatoms. The molecule has 0 bridgehead atoms. The molecule has 1 aromatic carbocycles. The van der Waals surface area contributed by atoms with Gasteiger partial charge in [0, 0.05) is 5.69 Å². The number of nitrogens with zero attached hydrogens (tertiary/aromatic N) is 2. The Bertz CT molecular complexity index is 460. The monoisotopic (exact) mass is 240 g/mol. The first kappa shape index (κ1) is 10.5. The number of hydrogen-bond acceptors (Lipinski definition) is 1. The smallest absolute Gasteiger partial charge is 0.151 e. The quantitative estimate of drug-likeness (QED) is 0.735. The van der Waals surface area contributed by atoms with Gasteiger partial charge in [-0.2, -0.15) is 0 Å². The van der Waals surface area contributed by atoms with Crippen molar-refractivity contribution in [3.05, 3.63) is 47.0 Å². The molecule has 0 saturated carbocycles. The lowest BCUT2D eigenvalue weighted by molar-refractivity contribution is 0.991. The lowest BCUT2D eigenvalue weighted by Gasteiger charge is -2.06. The van der Waals surface area contributed by atoms with Crippen LogP contribution in [0.3, 0.4) is 0 Å². The summed E-state index contributed by atoms with van der Waals surface area (Å²) in [5.74, 6) is 0.354. The highest BCUT2D eigenvalue weighted by molar-refractivity contribution is 6.31. The van der Waals surface area contributed by atoms with Crippen LogP contribution in [0, 0.1) is 6.92 Å². The van der Waals surface area contributed by atoms with E-state index in [1.165, 1.54) is 5.56 Å². The summed E-state index contributed by atoms with van der Waals surface area (Å²) in [6, 6.07) is 8.12. The van der Waals surface area contributed by atoms with Gasteiger partial charge in [-0.1, -0.05) is 29.3 Å². The maximum absolute atomic E-state index is 5.91. The van der Waals surface area contributed by atoms with E-state index in [4.69, 9.17) is 23.2 Å². The Labute approximate surface area is 98.5 Å². The fraction of sp³-hybridized carbons (Fsp3) is 0.182. The average molecular weight is 241 g/mol. The fourth-order valence-electron chi connectivity index (χ4n) is 1.40. The van der Waals surface area contributed by atoms with Gasteiger partial charge < -0.3 is 4.57 Å². The summed E-state index contributed by atoms with van der Waals surface area (Å²) in [5.41, 5.74) is 3.07. The summed E-state index contributed by atoms with van der Waals surface area (Å²) in [6.07, 6.45) is 1.69. The number of benzene rings is 1. The second-order valence-electron chi connectivity index (χ2n) is 3.32. The largest absolute Gasteiger partial charge is 0.300 e. The summed E-state index contributed by atoms with van der Waals surface area (Å²) in [6.45, 7) is 2.05. The Morgan fingerprint density at radius 2 is 1.93 bits per heavy atom. The highest BCUT2D eigenvalue weighted by Crippen LogP contribution is 2.20. The first-order valence-corrected chi connectivity index (χ1v) is 5.48. The minimum Gasteiger partial charge on any atom is -0.300 e. The topological polar surface area (TPSA) is 17.8 Å². The highest BCUT2D eigenvalue weighted by atomic mass is 35.5. The second-order valence-corrected chi connectivity index (χ2v) is 3.95. The average Bonchev–Trinajstić information content (AvgIpc) is 2.61. The van der Waals surface area contributed by atoms with Crippen molar-refractivity contribution in [2.45, 2.75) is 12.8 Å². The van der Waals surface area contributed by atoms with E-state index < -0.39 is 0 Å². The van der Waals surface area contributed by atoms with E-state index in [0.717, 1.165) is 11.4 Å². The predicted octanol–water partition coefficient (Wildman–Crippen LogP) is 3.57. The predicted molar refractivity (Wildman–Crippen MR) is 62.9 cm³/mol. The molecule has 0 atom stereocenters. The van der Waals surface area contributed by atoms with Gasteiger partial charge in [0.05, 0.1) is 11.6 Å². The van der Waals surface area contributed by atoms with Crippen molar-refractivity contribution in [1.29, 1.82) is 0 Å². The van der Waals surface area contributed by atoms with Crippen LogP contribution in [0.2, 0.25) is 5.15 Å². The van der Waals surface area contributed by atoms with Crippen LogP contribution in [0.4, 0.5) is 0 Å². The van der Waals surface area contributed by atoms with Gasteiger partial charge in [0.15, 0.2) is 5.15 Å². The van der Waals surface area contributed by atoms with Crippen molar-refractivity contribution >= 4 is 23.2 Å². The van der Waals surface area contributed by atoms with Crippen LogP contribution in [-0.4, -0.2) is 9.55 Å². The van der Waals surface area contributed by atoms with E-state index in [2.05, 4.69) is 4.98 Å². The minimum atomic E-state index is 0.354. The molecule has 0 amide bonds. The van der Waals surface area contributed by atoms with E-state index in [0.29, 0.717) is 11.0 Å². The van der Waals surface area contributed by atoms with Crippen molar-refractivity contribution in [3.63, 3.8) is 0 Å². The van der Waals surface area contributed by atoms with E-state index in [9.17, 15) is 0 Å². The van der Waals surface area contributed by atoms with E-state index >= 15 is 0 Å². The van der Waals surface area contributed by atoms with E-state index in [1.807, 2.05) is 35.8 Å². The first-order valence-electron chi connectivity index (χ1n) is 4.57. The summed E-state index contributed by atoms with van der Waals surface area (Å²) in [4.78, 5) is 4.03. The standard InChI is InChI=1S/C11H10Cl2N2/c1-8-2-4-9(5-3-8)15-7-14-11(13)10(15)6-12/h2-5,7H,6H2,1H3. The third-order valence-electron chi connectivity index (χ3n) is 2.25. The molecule has 0 N–H and O–H groups in total. The van der Waals surface area contributed by atoms with Gasteiger partial charge in [0.25, 0.3) is 0 Å². The molecule has 2 rings (SSSR count). The summed E-state index contributed by atoms with van der Waals surface area (Å²) in [5, 5.41) is 0.463. The number of aromatic nitrogens is 2. The number of imidazole rings is 1. The first-order chi connectivity index (χ1) is 7.22. The van der Waals surface area contributed by atoms with Crippen LogP contribution in [-0.2, 0) is 5.88 Å². The van der Waals surface area contributed by atoms with Crippen molar-refractivity contribution in [2.24, 2.45) is 0 Å². The molecule has 1 aromatic heterocycles. The number of alkyl halides is 1. The number of aryl methyl sites for hydroxylation is 1. The molecule has 2 aromatic rings. The Balaban J connectivity index is 2.49. The Morgan fingerprint density at radius 1 is 1.27 bits per heavy atom. The van der Waals surface area contributed by atoms with Crippen LogP contribution in [0.1, 0.15) is 11.3 Å². The summed E-state index contributed by atoms with van der Waals surface area (Å²) >= 11 is 11.7. The summed E-state index contributed by atoms with van der Waals surface area (Å²) < 4.78 is 1.90. The fourth-order valence-corrected chi connectivity index (χ4v) is 1.92. The summed E-state index contributed by atoms with van der Waals surface area (Å²) in [7, 11) is 0. The van der Waals surface area contributed by atoms with Crippen molar-refractivity contribution in [3.8, 4) is 5.69 Å². The van der Waals surface area contributed by atoms with Crippen LogP contribution in [0.25, 0.3) is 5.69 Å². The number of halogens is 2. The van der Waals surface area contributed by atoms with Gasteiger partial charge in [0.1, 0.15) is 6.33 Å². The highest BCUT2D eigenvalue weighted by Gasteiger charge is 2.08. The molecule has 15 heavy (non-hydrogen) atoms. The van der Waals surface area contributed by atoms with Crippen LogP contribution >= 0.6 is 23.2 Å². The molecule has 0 aliphatic carbocycles. The molecular weight excluding hydrogens is 231 g/mol.